The third kappa shape index (κ3) is 4.12. The van der Waals surface area contributed by atoms with Crippen LogP contribution in [0.2, 0.25) is 0 Å². The van der Waals surface area contributed by atoms with Gasteiger partial charge in [0.1, 0.15) is 10.5 Å². The molecule has 0 amide bonds. The van der Waals surface area contributed by atoms with E-state index in [0.29, 0.717) is 32.7 Å². The molecular formula is C18H27N3O5S. The van der Waals surface area contributed by atoms with Gasteiger partial charge in [-0.3, -0.25) is 4.84 Å². The van der Waals surface area contributed by atoms with Crippen LogP contribution in [0.25, 0.3) is 0 Å². The topological polar surface area (TPSA) is 81.2 Å². The van der Waals surface area contributed by atoms with Gasteiger partial charge in [0.05, 0.1) is 26.4 Å². The summed E-state index contributed by atoms with van der Waals surface area (Å²) in [6, 6.07) is 3.13. The van der Waals surface area contributed by atoms with Crippen LogP contribution in [-0.4, -0.2) is 74.4 Å². The van der Waals surface area contributed by atoms with Crippen LogP contribution >= 0.6 is 0 Å². The van der Waals surface area contributed by atoms with E-state index in [2.05, 4.69) is 9.88 Å². The number of likely N-dealkylation sites (tertiary alicyclic amines) is 1. The molecule has 2 fully saturated rings. The summed E-state index contributed by atoms with van der Waals surface area (Å²) >= 11 is 0. The van der Waals surface area contributed by atoms with Gasteiger partial charge in [-0.2, -0.15) is 0 Å². The molecule has 150 valence electrons. The largest absolute Gasteiger partial charge is 0.468 e. The molecule has 4 rings (SSSR count). The molecular weight excluding hydrogens is 370 g/mol. The molecule has 0 unspecified atom stereocenters. The van der Waals surface area contributed by atoms with E-state index in [4.69, 9.17) is 14.3 Å². The summed E-state index contributed by atoms with van der Waals surface area (Å²) in [7, 11) is -3.83. The lowest BCUT2D eigenvalue weighted by atomic mass is 9.94. The zero-order valence-corrected chi connectivity index (χ0v) is 16.3. The van der Waals surface area contributed by atoms with E-state index < -0.39 is 15.6 Å². The SMILES string of the molecule is O=S1(=O)c2cccnc2OC2(CCOCC2)CN1OCCN1CCCCC1. The number of nitrogens with zero attached hydrogens (tertiary/aromatic N) is 3. The van der Waals surface area contributed by atoms with Crippen LogP contribution in [0, 0.1) is 0 Å². The maximum Gasteiger partial charge on any atom is 0.270 e. The molecule has 0 atom stereocenters. The van der Waals surface area contributed by atoms with Crippen molar-refractivity contribution >= 4 is 10.0 Å². The second kappa shape index (κ2) is 8.00. The van der Waals surface area contributed by atoms with Crippen LogP contribution in [-0.2, 0) is 19.6 Å². The van der Waals surface area contributed by atoms with Gasteiger partial charge in [0, 0.05) is 25.6 Å². The first kappa shape index (κ1) is 19.1. The van der Waals surface area contributed by atoms with Crippen molar-refractivity contribution in [2.24, 2.45) is 0 Å². The third-order valence-corrected chi connectivity index (χ3v) is 7.15. The first-order valence-corrected chi connectivity index (χ1v) is 11.1. The summed E-state index contributed by atoms with van der Waals surface area (Å²) in [5.74, 6) is 0.154. The summed E-state index contributed by atoms with van der Waals surface area (Å²) in [5, 5.41) is 0. The number of pyridine rings is 1. The molecule has 0 aromatic carbocycles. The van der Waals surface area contributed by atoms with E-state index >= 15 is 0 Å². The highest BCUT2D eigenvalue weighted by atomic mass is 32.2. The fraction of sp³-hybridized carbons (Fsp3) is 0.722. The number of hydrogen-bond donors (Lipinski definition) is 0. The molecule has 4 heterocycles. The smallest absolute Gasteiger partial charge is 0.270 e. The van der Waals surface area contributed by atoms with Crippen LogP contribution in [0.3, 0.4) is 0 Å². The minimum atomic E-state index is -3.83. The molecule has 1 aromatic rings. The molecule has 1 aromatic heterocycles. The summed E-state index contributed by atoms with van der Waals surface area (Å²) in [4.78, 5) is 12.4. The van der Waals surface area contributed by atoms with Crippen LogP contribution in [0.15, 0.2) is 23.2 Å². The molecule has 0 N–H and O–H groups in total. The van der Waals surface area contributed by atoms with Crippen LogP contribution < -0.4 is 4.74 Å². The van der Waals surface area contributed by atoms with Crippen LogP contribution in [0.1, 0.15) is 32.1 Å². The standard InChI is InChI=1S/C18H27N3O5S/c22-27(23)16-5-4-8-19-17(16)26-18(6-12-24-13-7-18)15-21(27)25-14-11-20-9-2-1-3-10-20/h4-5,8H,1-3,6-7,9-15H2. The zero-order valence-electron chi connectivity index (χ0n) is 15.5. The Morgan fingerprint density at radius 1 is 1.19 bits per heavy atom. The highest BCUT2D eigenvalue weighted by Crippen LogP contribution is 2.37. The minimum Gasteiger partial charge on any atom is -0.468 e. The lowest BCUT2D eigenvalue weighted by molar-refractivity contribution is -0.140. The second-order valence-electron chi connectivity index (χ2n) is 7.41. The Hall–Kier alpha value is -1.26. The number of fused-ring (bicyclic) bond motifs is 1. The van der Waals surface area contributed by atoms with Crippen LogP contribution in [0.5, 0.6) is 5.88 Å². The van der Waals surface area contributed by atoms with Crippen molar-refractivity contribution in [1.82, 2.24) is 14.4 Å². The maximum absolute atomic E-state index is 13.2. The predicted octanol–water partition coefficient (Wildman–Crippen LogP) is 1.43. The van der Waals surface area contributed by atoms with E-state index in [1.807, 2.05) is 0 Å². The number of aromatic nitrogens is 1. The maximum atomic E-state index is 13.2. The Balaban J connectivity index is 1.54. The highest BCUT2D eigenvalue weighted by Gasteiger charge is 2.46. The van der Waals surface area contributed by atoms with Gasteiger partial charge < -0.3 is 14.4 Å². The number of piperidine rings is 1. The number of hydrogen-bond acceptors (Lipinski definition) is 7. The first-order chi connectivity index (χ1) is 13.1. The van der Waals surface area contributed by atoms with Gasteiger partial charge in [0.25, 0.3) is 10.0 Å². The van der Waals surface area contributed by atoms with Gasteiger partial charge in [0.2, 0.25) is 5.88 Å². The third-order valence-electron chi connectivity index (χ3n) is 5.51. The summed E-state index contributed by atoms with van der Waals surface area (Å²) in [6.07, 6.45) is 6.41. The quantitative estimate of drug-likeness (QED) is 0.760. The zero-order chi connectivity index (χ0) is 18.7. The molecule has 9 heteroatoms. The van der Waals surface area contributed by atoms with Crippen molar-refractivity contribution in [2.45, 2.75) is 42.6 Å². The summed E-state index contributed by atoms with van der Waals surface area (Å²) in [6.45, 7) is 4.37. The average Bonchev–Trinajstić information content (AvgIpc) is 2.77. The highest BCUT2D eigenvalue weighted by molar-refractivity contribution is 7.89. The Kier molecular flexibility index (Phi) is 5.65. The molecule has 0 bridgehead atoms. The molecule has 0 aliphatic carbocycles. The van der Waals surface area contributed by atoms with Crippen LogP contribution in [0.4, 0.5) is 0 Å². The number of ether oxygens (including phenoxy) is 2. The normalized spacial score (nSPS) is 25.5. The molecule has 0 radical (unpaired) electrons. The molecule has 2 saturated heterocycles. The molecule has 3 aliphatic rings. The van der Waals surface area contributed by atoms with Gasteiger partial charge in [-0.15, -0.1) is 0 Å². The van der Waals surface area contributed by atoms with E-state index in [1.165, 1.54) is 25.3 Å². The van der Waals surface area contributed by atoms with Crippen molar-refractivity contribution in [3.63, 3.8) is 0 Å². The molecule has 3 aliphatic heterocycles. The van der Waals surface area contributed by atoms with Gasteiger partial charge in [-0.25, -0.2) is 13.4 Å². The number of hydroxylamine groups is 1. The van der Waals surface area contributed by atoms with E-state index in [-0.39, 0.29) is 17.3 Å². The number of rotatable bonds is 4. The Labute approximate surface area is 160 Å². The average molecular weight is 397 g/mol. The summed E-state index contributed by atoms with van der Waals surface area (Å²) in [5.41, 5.74) is -0.671. The monoisotopic (exact) mass is 397 g/mol. The Morgan fingerprint density at radius 3 is 2.74 bits per heavy atom. The van der Waals surface area contributed by atoms with E-state index in [1.54, 1.807) is 12.3 Å². The lowest BCUT2D eigenvalue weighted by Crippen LogP contribution is -2.51. The van der Waals surface area contributed by atoms with Crippen molar-refractivity contribution < 1.29 is 22.7 Å². The predicted molar refractivity (Wildman–Crippen MR) is 97.8 cm³/mol. The molecule has 8 nitrogen and oxygen atoms in total. The second-order valence-corrected chi connectivity index (χ2v) is 9.20. The molecule has 1 spiro atoms. The number of sulfonamides is 1. The van der Waals surface area contributed by atoms with Crippen molar-refractivity contribution in [3.8, 4) is 5.88 Å². The van der Waals surface area contributed by atoms with E-state index in [9.17, 15) is 8.42 Å². The fourth-order valence-corrected chi connectivity index (χ4v) is 5.29. The van der Waals surface area contributed by atoms with Gasteiger partial charge in [0.15, 0.2) is 0 Å². The molecule has 0 saturated carbocycles. The van der Waals surface area contributed by atoms with E-state index in [0.717, 1.165) is 24.1 Å². The Bertz CT molecular complexity index is 745. The fourth-order valence-electron chi connectivity index (χ4n) is 3.89. The minimum absolute atomic E-state index is 0.0614. The Morgan fingerprint density at radius 2 is 1.96 bits per heavy atom. The van der Waals surface area contributed by atoms with Crippen molar-refractivity contribution in [2.75, 3.05) is 46.0 Å². The molecule has 27 heavy (non-hydrogen) atoms. The lowest BCUT2D eigenvalue weighted by Gasteiger charge is -2.37. The van der Waals surface area contributed by atoms with Gasteiger partial charge in [-0.05, 0) is 38.1 Å². The first-order valence-electron chi connectivity index (χ1n) is 9.69. The van der Waals surface area contributed by atoms with Crippen molar-refractivity contribution in [1.29, 1.82) is 0 Å². The van der Waals surface area contributed by atoms with Gasteiger partial charge >= 0.3 is 0 Å². The van der Waals surface area contributed by atoms with Gasteiger partial charge in [-0.1, -0.05) is 10.9 Å². The van der Waals surface area contributed by atoms with Crippen molar-refractivity contribution in [3.05, 3.63) is 18.3 Å². The summed E-state index contributed by atoms with van der Waals surface area (Å²) < 4.78 is 39.1.